The summed E-state index contributed by atoms with van der Waals surface area (Å²) in [7, 11) is -3.88. The molecule has 0 radical (unpaired) electrons. The van der Waals surface area contributed by atoms with Crippen molar-refractivity contribution in [2.45, 2.75) is 38.4 Å². The van der Waals surface area contributed by atoms with Gasteiger partial charge in [0.25, 0.3) is 10.1 Å². The summed E-state index contributed by atoms with van der Waals surface area (Å²) in [5.41, 5.74) is 3.58. The second kappa shape index (κ2) is 15.9. The summed E-state index contributed by atoms with van der Waals surface area (Å²) in [6, 6.07) is 1.13. The number of likely N-dealkylation sites (tertiary alicyclic amines) is 1. The van der Waals surface area contributed by atoms with Crippen LogP contribution in [0.2, 0.25) is 5.02 Å². The van der Waals surface area contributed by atoms with Crippen LogP contribution in [0.3, 0.4) is 0 Å². The number of carboxylic acids is 1. The van der Waals surface area contributed by atoms with Crippen LogP contribution >= 0.6 is 23.1 Å². The molecule has 1 aromatic carbocycles. The SMILES string of the molecule is NCS(=O)(=O)O.O=C(NCCC(O)CCN1CCCC1)Nc1snc(OCc2c(F)cc(Cl)cc2F)c1C(=O)O. The Morgan fingerprint density at radius 2 is 1.82 bits per heavy atom. The van der Waals surface area contributed by atoms with Crippen molar-refractivity contribution in [1.82, 2.24) is 14.6 Å². The summed E-state index contributed by atoms with van der Waals surface area (Å²) in [6.45, 7) is 2.46. The van der Waals surface area contributed by atoms with Crippen molar-refractivity contribution in [2.75, 3.05) is 37.4 Å². The number of carbonyl (C=O) groups is 2. The third-order valence-corrected chi connectivity index (χ3v) is 6.90. The molecule has 0 saturated carbocycles. The number of aliphatic hydroxyl groups excluding tert-OH is 1. The van der Waals surface area contributed by atoms with Crippen molar-refractivity contribution in [2.24, 2.45) is 5.73 Å². The van der Waals surface area contributed by atoms with Gasteiger partial charge in [-0.1, -0.05) is 11.6 Å². The van der Waals surface area contributed by atoms with E-state index in [9.17, 15) is 37.0 Å². The summed E-state index contributed by atoms with van der Waals surface area (Å²) in [4.78, 5) is 26.1. The highest BCUT2D eigenvalue weighted by Gasteiger charge is 2.24. The molecular formula is C22H30ClF2N5O8S2. The van der Waals surface area contributed by atoms with Crippen LogP contribution in [-0.2, 0) is 16.7 Å². The van der Waals surface area contributed by atoms with Gasteiger partial charge in [0.15, 0.2) is 5.56 Å². The Balaban J connectivity index is 0.000000840. The number of hydrogen-bond acceptors (Lipinski definition) is 10. The molecule has 1 aliphatic heterocycles. The molecule has 13 nitrogen and oxygen atoms in total. The Hall–Kier alpha value is -2.67. The van der Waals surface area contributed by atoms with Gasteiger partial charge in [-0.3, -0.25) is 9.87 Å². The Bertz CT molecular complexity index is 1240. The number of anilines is 1. The highest BCUT2D eigenvalue weighted by molar-refractivity contribution is 7.85. The number of benzene rings is 1. The molecule has 2 amide bonds. The van der Waals surface area contributed by atoms with Gasteiger partial charge < -0.3 is 30.9 Å². The lowest BCUT2D eigenvalue weighted by molar-refractivity contribution is 0.0692. The first-order valence-corrected chi connectivity index (χ1v) is 14.7. The van der Waals surface area contributed by atoms with E-state index in [0.717, 1.165) is 31.8 Å². The van der Waals surface area contributed by atoms with E-state index in [1.54, 1.807) is 0 Å². The Morgan fingerprint density at radius 1 is 1.23 bits per heavy atom. The number of nitrogens with two attached hydrogens (primary N) is 1. The van der Waals surface area contributed by atoms with Crippen LogP contribution in [0, 0.1) is 11.6 Å². The topological polar surface area (TPSA) is 204 Å². The lowest BCUT2D eigenvalue weighted by atomic mass is 10.2. The van der Waals surface area contributed by atoms with Crippen LogP contribution in [0.15, 0.2) is 12.1 Å². The number of carbonyl (C=O) groups excluding carboxylic acids is 1. The lowest BCUT2D eigenvalue weighted by Crippen LogP contribution is -2.32. The number of aliphatic hydroxyl groups is 1. The number of rotatable bonds is 12. The van der Waals surface area contributed by atoms with Gasteiger partial charge in [0.1, 0.15) is 29.1 Å². The standard InChI is InChI=1S/C21H25ClF2N4O5S.CH5NO3S/c22-12-9-15(23)14(16(24)10-12)11-33-18-17(20(30)31)19(34-27-18)26-21(32)25-5-3-13(29)4-8-28-6-1-2-7-28;2-1-6(3,4)5/h9-10,13,29H,1-8,11H2,(H,30,31)(H2,25,26,32);1-2H2,(H,3,4,5). The molecule has 40 heavy (non-hydrogen) atoms. The molecule has 1 unspecified atom stereocenters. The Labute approximate surface area is 238 Å². The van der Waals surface area contributed by atoms with Gasteiger partial charge in [-0.05, 0) is 62.4 Å². The fourth-order valence-corrected chi connectivity index (χ4v) is 4.39. The quantitative estimate of drug-likeness (QED) is 0.188. The summed E-state index contributed by atoms with van der Waals surface area (Å²) in [5.74, 6) is -4.42. The zero-order valence-electron chi connectivity index (χ0n) is 21.1. The van der Waals surface area contributed by atoms with E-state index >= 15 is 0 Å². The molecule has 2 aromatic rings. The van der Waals surface area contributed by atoms with Crippen LogP contribution in [-0.4, -0.2) is 82.6 Å². The Morgan fingerprint density at radius 3 is 2.38 bits per heavy atom. The van der Waals surface area contributed by atoms with Crippen LogP contribution in [0.1, 0.15) is 41.6 Å². The van der Waals surface area contributed by atoms with Gasteiger partial charge in [-0.15, -0.1) is 0 Å². The molecule has 0 bridgehead atoms. The number of hydrogen-bond donors (Lipinski definition) is 6. The number of aromatic carboxylic acids is 1. The number of aromatic nitrogens is 1. The average Bonchev–Trinajstić information content (AvgIpc) is 3.52. The molecule has 7 N–H and O–H groups in total. The van der Waals surface area contributed by atoms with Gasteiger partial charge in [0.2, 0.25) is 5.88 Å². The first-order chi connectivity index (χ1) is 18.8. The largest absolute Gasteiger partial charge is 0.477 e. The average molecular weight is 630 g/mol. The molecular weight excluding hydrogens is 600 g/mol. The van der Waals surface area contributed by atoms with Crippen LogP contribution in [0.25, 0.3) is 0 Å². The normalized spacial score (nSPS) is 14.2. The van der Waals surface area contributed by atoms with Crippen molar-refractivity contribution < 1.29 is 46.3 Å². The maximum absolute atomic E-state index is 13.9. The fraction of sp³-hybridized carbons (Fsp3) is 0.500. The van der Waals surface area contributed by atoms with E-state index in [-0.39, 0.29) is 22.4 Å². The molecule has 0 spiro atoms. The van der Waals surface area contributed by atoms with E-state index < -0.39 is 63.5 Å². The van der Waals surface area contributed by atoms with Gasteiger partial charge in [-0.2, -0.15) is 12.8 Å². The molecule has 1 saturated heterocycles. The summed E-state index contributed by atoms with van der Waals surface area (Å²) in [5, 5.41) is 24.3. The predicted octanol–water partition coefficient (Wildman–Crippen LogP) is 2.50. The third-order valence-electron chi connectivity index (χ3n) is 5.51. The molecule has 1 aliphatic rings. The summed E-state index contributed by atoms with van der Waals surface area (Å²) in [6.07, 6.45) is 2.75. The van der Waals surface area contributed by atoms with Crippen molar-refractivity contribution >= 4 is 50.3 Å². The maximum atomic E-state index is 13.9. The minimum atomic E-state index is -3.88. The van der Waals surface area contributed by atoms with Crippen molar-refractivity contribution in [3.05, 3.63) is 39.9 Å². The number of urea groups is 1. The van der Waals surface area contributed by atoms with E-state index in [2.05, 4.69) is 25.6 Å². The zero-order chi connectivity index (χ0) is 29.9. The Kier molecular flexibility index (Phi) is 13.4. The molecule has 0 aliphatic carbocycles. The van der Waals surface area contributed by atoms with Crippen LogP contribution in [0.4, 0.5) is 18.6 Å². The minimum absolute atomic E-state index is 0.105. The van der Waals surface area contributed by atoms with Crippen LogP contribution < -0.4 is 21.1 Å². The third kappa shape index (κ3) is 11.4. The number of ether oxygens (including phenoxy) is 1. The highest BCUT2D eigenvalue weighted by atomic mass is 35.5. The lowest BCUT2D eigenvalue weighted by Gasteiger charge is -2.17. The number of halogens is 3. The van der Waals surface area contributed by atoms with Crippen LogP contribution in [0.5, 0.6) is 5.88 Å². The van der Waals surface area contributed by atoms with Gasteiger partial charge in [0, 0.05) is 18.1 Å². The first kappa shape index (κ1) is 33.5. The smallest absolute Gasteiger partial charge is 0.344 e. The van der Waals surface area contributed by atoms with Gasteiger partial charge >= 0.3 is 12.0 Å². The highest BCUT2D eigenvalue weighted by Crippen LogP contribution is 2.31. The molecule has 1 aromatic heterocycles. The molecule has 1 atom stereocenters. The van der Waals surface area contributed by atoms with E-state index in [0.29, 0.717) is 24.4 Å². The maximum Gasteiger partial charge on any atom is 0.344 e. The van der Waals surface area contributed by atoms with E-state index in [4.69, 9.17) is 20.9 Å². The number of carboxylic acid groups (broad SMARTS) is 1. The summed E-state index contributed by atoms with van der Waals surface area (Å²) < 4.78 is 63.4. The first-order valence-electron chi connectivity index (χ1n) is 11.9. The van der Waals surface area contributed by atoms with Crippen molar-refractivity contribution in [1.29, 1.82) is 0 Å². The number of nitrogens with one attached hydrogen (secondary N) is 2. The minimum Gasteiger partial charge on any atom is -0.477 e. The molecule has 18 heteroatoms. The monoisotopic (exact) mass is 629 g/mol. The van der Waals surface area contributed by atoms with E-state index in [1.165, 1.54) is 12.8 Å². The van der Waals surface area contributed by atoms with Crippen molar-refractivity contribution in [3.63, 3.8) is 0 Å². The zero-order valence-corrected chi connectivity index (χ0v) is 23.5. The number of amides is 2. The molecule has 1 fully saturated rings. The number of nitrogens with zero attached hydrogens (tertiary/aromatic N) is 2. The second-order valence-electron chi connectivity index (χ2n) is 8.54. The van der Waals surface area contributed by atoms with Gasteiger partial charge in [0.05, 0.1) is 11.7 Å². The second-order valence-corrected chi connectivity index (χ2v) is 11.3. The van der Waals surface area contributed by atoms with Gasteiger partial charge in [-0.25, -0.2) is 18.4 Å². The molecule has 3 rings (SSSR count). The fourth-order valence-electron chi connectivity index (χ4n) is 3.48. The van der Waals surface area contributed by atoms with E-state index in [1.807, 2.05) is 0 Å². The molecule has 2 heterocycles. The van der Waals surface area contributed by atoms with Crippen molar-refractivity contribution in [3.8, 4) is 5.88 Å². The molecule has 224 valence electrons. The predicted molar refractivity (Wildman–Crippen MR) is 143 cm³/mol. The summed E-state index contributed by atoms with van der Waals surface area (Å²) >= 11 is 6.23.